The van der Waals surface area contributed by atoms with Gasteiger partial charge in [0.05, 0.1) is 6.33 Å². The second kappa shape index (κ2) is 19.7. The third-order valence-electron chi connectivity index (χ3n) is 8.60. The van der Waals surface area contributed by atoms with Gasteiger partial charge in [-0.1, -0.05) is 38.1 Å². The molecule has 2 aromatic carbocycles. The zero-order valence-electron chi connectivity index (χ0n) is 29.7. The molecule has 3 aromatic rings. The van der Waals surface area contributed by atoms with Gasteiger partial charge in [0.15, 0.2) is 0 Å². The Morgan fingerprint density at radius 1 is 0.556 bits per heavy atom. The number of carbonyl (C=O) groups excluding carboxylic acids is 6. The van der Waals surface area contributed by atoms with Crippen molar-refractivity contribution in [2.75, 3.05) is 11.5 Å². The molecule has 18 heteroatoms. The molecule has 1 saturated heterocycles. The number of hydrogen-bond donors (Lipinski definition) is 11. The highest BCUT2D eigenvalue weighted by atomic mass is 32.1. The number of rotatable bonds is 10. The number of nitrogens with zero attached hydrogens (tertiary/aromatic N) is 1. The molecule has 1 aromatic heterocycles. The standard InChI is InChI=1S/C36H46N8O8S2/c1-19(2)11-25-31(47)40-26(12-20-3-7-23(45)8-4-20)32(48)42-28(14-22-15-37-18-38-22)34(50)41-27(13-21-5-9-24(46)10-6-21)33(49)43-30(17-54)36(52)44-29(16-53)35(51)39-25/h3-10,15,18-19,25-30,45-46,53-54H,11-14,16-17H2,1-2H3,(H,37,38)(H,39,51)(H,40,47)(H,41,50)(H,42,48)(H,43,49)(H,44,52)/t25-,26-,27-,28-,29-,30-/m0/s1. The first-order chi connectivity index (χ1) is 25.8. The smallest absolute Gasteiger partial charge is 0.244 e. The third kappa shape index (κ3) is 12.2. The van der Waals surface area contributed by atoms with E-state index in [4.69, 9.17) is 0 Å². The molecule has 1 fully saturated rings. The number of phenols is 2. The quantitative estimate of drug-likeness (QED) is 0.121. The predicted octanol–water partition coefficient (Wildman–Crippen LogP) is -0.323. The van der Waals surface area contributed by atoms with Crippen LogP contribution < -0.4 is 31.9 Å². The minimum atomic E-state index is -1.31. The Labute approximate surface area is 323 Å². The molecule has 6 atom stereocenters. The summed E-state index contributed by atoms with van der Waals surface area (Å²) < 4.78 is 0. The van der Waals surface area contributed by atoms with E-state index < -0.39 is 71.7 Å². The van der Waals surface area contributed by atoms with Crippen molar-refractivity contribution < 1.29 is 39.0 Å². The van der Waals surface area contributed by atoms with E-state index in [0.29, 0.717) is 16.8 Å². The van der Waals surface area contributed by atoms with Gasteiger partial charge in [0.25, 0.3) is 0 Å². The second-order valence-corrected chi connectivity index (χ2v) is 14.1. The minimum absolute atomic E-state index is 0.00892. The number of aromatic nitrogens is 2. The number of amides is 6. The SMILES string of the molecule is CC(C)C[C@@H]1NC(=O)[C@H](CS)NC(=O)[C@H](CS)NC(=O)[C@H](Cc2ccc(O)cc2)NC(=O)[C@H](Cc2cnc[nH]2)NC(=O)[C@H](Cc2ccc(O)cc2)NC1=O. The van der Waals surface area contributed by atoms with Crippen LogP contribution in [0.5, 0.6) is 11.5 Å². The Morgan fingerprint density at radius 2 is 0.907 bits per heavy atom. The molecular formula is C36H46N8O8S2. The molecule has 0 radical (unpaired) electrons. The molecule has 0 saturated carbocycles. The van der Waals surface area contributed by atoms with Crippen molar-refractivity contribution in [2.45, 2.75) is 75.8 Å². The number of carbonyl (C=O) groups is 6. The van der Waals surface area contributed by atoms with Crippen LogP contribution in [0.15, 0.2) is 61.1 Å². The highest BCUT2D eigenvalue weighted by Crippen LogP contribution is 2.15. The Morgan fingerprint density at radius 3 is 1.28 bits per heavy atom. The van der Waals surface area contributed by atoms with E-state index in [0.717, 1.165) is 0 Å². The molecule has 16 nitrogen and oxygen atoms in total. The van der Waals surface area contributed by atoms with E-state index in [1.165, 1.54) is 36.8 Å². The molecule has 1 aliphatic rings. The van der Waals surface area contributed by atoms with Gasteiger partial charge in [0, 0.05) is 42.7 Å². The van der Waals surface area contributed by atoms with E-state index >= 15 is 0 Å². The van der Waals surface area contributed by atoms with Crippen LogP contribution in [0.4, 0.5) is 0 Å². The fourth-order valence-electron chi connectivity index (χ4n) is 5.70. The van der Waals surface area contributed by atoms with Gasteiger partial charge in [-0.05, 0) is 47.7 Å². The molecule has 0 unspecified atom stereocenters. The van der Waals surface area contributed by atoms with E-state index in [1.807, 2.05) is 13.8 Å². The number of nitrogens with one attached hydrogen (secondary N) is 7. The lowest BCUT2D eigenvalue weighted by atomic mass is 10.00. The monoisotopic (exact) mass is 782 g/mol. The first-order valence-corrected chi connectivity index (χ1v) is 18.6. The van der Waals surface area contributed by atoms with Crippen LogP contribution in [-0.4, -0.2) is 103 Å². The molecule has 54 heavy (non-hydrogen) atoms. The molecule has 1 aliphatic heterocycles. The molecule has 9 N–H and O–H groups in total. The van der Waals surface area contributed by atoms with Crippen molar-refractivity contribution in [1.29, 1.82) is 0 Å². The lowest BCUT2D eigenvalue weighted by Gasteiger charge is -2.29. The van der Waals surface area contributed by atoms with Gasteiger partial charge in [0.1, 0.15) is 47.8 Å². The van der Waals surface area contributed by atoms with Gasteiger partial charge in [-0.15, -0.1) is 0 Å². The summed E-state index contributed by atoms with van der Waals surface area (Å²) in [5.74, 6) is -4.90. The second-order valence-electron chi connectivity index (χ2n) is 13.4. The molecular weight excluding hydrogens is 737 g/mol. The summed E-state index contributed by atoms with van der Waals surface area (Å²) in [6.07, 6.45) is 2.79. The van der Waals surface area contributed by atoms with Gasteiger partial charge in [0.2, 0.25) is 35.4 Å². The first-order valence-electron chi connectivity index (χ1n) is 17.3. The highest BCUT2D eigenvalue weighted by Gasteiger charge is 2.35. The number of hydrogen-bond acceptors (Lipinski definition) is 11. The van der Waals surface area contributed by atoms with Crippen LogP contribution >= 0.6 is 25.3 Å². The maximum Gasteiger partial charge on any atom is 0.244 e. The Hall–Kier alpha value is -5.23. The lowest BCUT2D eigenvalue weighted by molar-refractivity contribution is -0.136. The molecule has 290 valence electrons. The van der Waals surface area contributed by atoms with Crippen LogP contribution in [0.1, 0.15) is 37.1 Å². The maximum absolute atomic E-state index is 14.1. The van der Waals surface area contributed by atoms with Gasteiger partial charge in [-0.3, -0.25) is 28.8 Å². The highest BCUT2D eigenvalue weighted by molar-refractivity contribution is 7.80. The number of thiol groups is 2. The van der Waals surface area contributed by atoms with E-state index in [1.54, 1.807) is 24.3 Å². The summed E-state index contributed by atoms with van der Waals surface area (Å²) in [7, 11) is 0. The Kier molecular flexibility index (Phi) is 15.2. The molecule has 0 bridgehead atoms. The molecule has 0 aliphatic carbocycles. The normalized spacial score (nSPS) is 23.6. The first kappa shape index (κ1) is 41.5. The van der Waals surface area contributed by atoms with Crippen molar-refractivity contribution in [3.8, 4) is 11.5 Å². The van der Waals surface area contributed by atoms with Crippen molar-refractivity contribution >= 4 is 60.7 Å². The Balaban J connectivity index is 1.77. The summed E-state index contributed by atoms with van der Waals surface area (Å²) in [5, 5.41) is 35.6. The maximum atomic E-state index is 14.1. The van der Waals surface area contributed by atoms with E-state index in [-0.39, 0.29) is 54.6 Å². The predicted molar refractivity (Wildman–Crippen MR) is 205 cm³/mol. The minimum Gasteiger partial charge on any atom is -0.508 e. The molecule has 0 spiro atoms. The summed E-state index contributed by atoms with van der Waals surface area (Å²) >= 11 is 8.49. The van der Waals surface area contributed by atoms with Crippen molar-refractivity contribution in [2.24, 2.45) is 5.92 Å². The zero-order chi connectivity index (χ0) is 39.4. The van der Waals surface area contributed by atoms with Gasteiger partial charge >= 0.3 is 0 Å². The van der Waals surface area contributed by atoms with Crippen LogP contribution in [0.2, 0.25) is 0 Å². The average molecular weight is 783 g/mol. The topological polar surface area (TPSA) is 244 Å². The summed E-state index contributed by atoms with van der Waals surface area (Å²) in [5.41, 5.74) is 1.59. The number of phenolic OH excluding ortho intramolecular Hbond substituents is 2. The van der Waals surface area contributed by atoms with Gasteiger partial charge < -0.3 is 47.1 Å². The van der Waals surface area contributed by atoms with Crippen LogP contribution in [0.3, 0.4) is 0 Å². The van der Waals surface area contributed by atoms with Crippen LogP contribution in [-0.2, 0) is 48.0 Å². The van der Waals surface area contributed by atoms with Gasteiger partial charge in [-0.2, -0.15) is 25.3 Å². The van der Waals surface area contributed by atoms with E-state index in [9.17, 15) is 39.0 Å². The zero-order valence-corrected chi connectivity index (χ0v) is 31.5. The van der Waals surface area contributed by atoms with Gasteiger partial charge in [-0.25, -0.2) is 4.98 Å². The Bertz CT molecular complexity index is 1760. The van der Waals surface area contributed by atoms with Crippen LogP contribution in [0.25, 0.3) is 0 Å². The fourth-order valence-corrected chi connectivity index (χ4v) is 6.22. The van der Waals surface area contributed by atoms with Crippen molar-refractivity contribution in [3.63, 3.8) is 0 Å². The summed E-state index contributed by atoms with van der Waals surface area (Å²) in [6, 6.07) is 4.44. The molecule has 2 heterocycles. The summed E-state index contributed by atoms with van der Waals surface area (Å²) in [4.78, 5) is 89.9. The third-order valence-corrected chi connectivity index (χ3v) is 9.33. The van der Waals surface area contributed by atoms with Crippen LogP contribution in [0, 0.1) is 5.92 Å². The number of aromatic hydroxyl groups is 2. The summed E-state index contributed by atoms with van der Waals surface area (Å²) in [6.45, 7) is 3.69. The number of imidazole rings is 1. The largest absolute Gasteiger partial charge is 0.508 e. The lowest BCUT2D eigenvalue weighted by Crippen LogP contribution is -2.62. The number of H-pyrrole nitrogens is 1. The average Bonchev–Trinajstić information content (AvgIpc) is 3.65. The molecule has 6 amide bonds. The number of benzene rings is 2. The fraction of sp³-hybridized carbons (Fsp3) is 0.417. The van der Waals surface area contributed by atoms with Crippen molar-refractivity contribution in [1.82, 2.24) is 41.9 Å². The van der Waals surface area contributed by atoms with Crippen molar-refractivity contribution in [3.05, 3.63) is 77.9 Å². The molecule has 4 rings (SSSR count). The van der Waals surface area contributed by atoms with E-state index in [2.05, 4.69) is 67.1 Å². The number of aromatic amines is 1.